The number of benzene rings is 1. The van der Waals surface area contributed by atoms with Gasteiger partial charge in [-0.2, -0.15) is 0 Å². The third-order valence-corrected chi connectivity index (χ3v) is 5.04. The van der Waals surface area contributed by atoms with Gasteiger partial charge in [0.15, 0.2) is 0 Å². The first-order valence-corrected chi connectivity index (χ1v) is 8.63. The maximum absolute atomic E-state index is 11.4. The molecular weight excluding hydrogens is 310 g/mol. The van der Waals surface area contributed by atoms with E-state index in [1.165, 1.54) is 0 Å². The van der Waals surface area contributed by atoms with E-state index in [4.69, 9.17) is 17.3 Å². The quantitative estimate of drug-likeness (QED) is 0.783. The molecule has 0 fully saturated rings. The first-order chi connectivity index (χ1) is 10.6. The van der Waals surface area contributed by atoms with Crippen molar-refractivity contribution >= 4 is 17.5 Å². The zero-order valence-corrected chi connectivity index (χ0v) is 15.7. The summed E-state index contributed by atoms with van der Waals surface area (Å²) in [7, 11) is 0. The van der Waals surface area contributed by atoms with E-state index in [1.807, 2.05) is 19.1 Å². The second-order valence-electron chi connectivity index (χ2n) is 7.74. The molecule has 1 aromatic rings. The van der Waals surface area contributed by atoms with Crippen molar-refractivity contribution in [3.63, 3.8) is 0 Å². The van der Waals surface area contributed by atoms with Gasteiger partial charge >= 0.3 is 0 Å². The van der Waals surface area contributed by atoms with E-state index in [-0.39, 0.29) is 35.7 Å². The largest absolute Gasteiger partial charge is 0.396 e. The Labute approximate surface area is 145 Å². The molecule has 0 saturated carbocycles. The van der Waals surface area contributed by atoms with E-state index < -0.39 is 0 Å². The van der Waals surface area contributed by atoms with Crippen LogP contribution >= 0.6 is 11.6 Å². The van der Waals surface area contributed by atoms with Crippen molar-refractivity contribution < 1.29 is 9.90 Å². The van der Waals surface area contributed by atoms with Gasteiger partial charge in [-0.1, -0.05) is 58.4 Å². The van der Waals surface area contributed by atoms with Crippen LogP contribution in [-0.4, -0.2) is 17.6 Å². The summed E-state index contributed by atoms with van der Waals surface area (Å²) in [5, 5.41) is 10.4. The van der Waals surface area contributed by atoms with Gasteiger partial charge in [-0.15, -0.1) is 0 Å². The highest BCUT2D eigenvalue weighted by Gasteiger charge is 2.28. The topological polar surface area (TPSA) is 63.3 Å². The van der Waals surface area contributed by atoms with Crippen LogP contribution in [0.1, 0.15) is 58.1 Å². The van der Waals surface area contributed by atoms with Crippen molar-refractivity contribution in [1.82, 2.24) is 0 Å². The Bertz CT molecular complexity index is 537. The Hall–Kier alpha value is -1.06. The fourth-order valence-electron chi connectivity index (χ4n) is 2.77. The molecule has 0 spiro atoms. The number of carbonyl (C=O) groups is 1. The summed E-state index contributed by atoms with van der Waals surface area (Å²) in [5.74, 6) is -0.959. The summed E-state index contributed by atoms with van der Waals surface area (Å²) in [5.41, 5.74) is 7.83. The maximum atomic E-state index is 11.4. The summed E-state index contributed by atoms with van der Waals surface area (Å²) in [6.45, 7) is 10.3. The van der Waals surface area contributed by atoms with Crippen molar-refractivity contribution in [3.05, 3.63) is 34.3 Å². The molecule has 0 saturated heterocycles. The molecule has 2 unspecified atom stereocenters. The van der Waals surface area contributed by atoms with Gasteiger partial charge in [0.2, 0.25) is 5.91 Å². The van der Waals surface area contributed by atoms with Crippen LogP contribution in [0.25, 0.3) is 0 Å². The van der Waals surface area contributed by atoms with E-state index in [0.717, 1.165) is 29.0 Å². The van der Waals surface area contributed by atoms with Gasteiger partial charge in [0.25, 0.3) is 0 Å². The van der Waals surface area contributed by atoms with Gasteiger partial charge in [0, 0.05) is 17.5 Å². The summed E-state index contributed by atoms with van der Waals surface area (Å²) in [6, 6.07) is 6.06. The van der Waals surface area contributed by atoms with Gasteiger partial charge in [0.05, 0.1) is 0 Å². The number of aliphatic hydroxyl groups is 1. The molecule has 0 aliphatic carbocycles. The summed E-state index contributed by atoms with van der Waals surface area (Å²) >= 11 is 6.44. The van der Waals surface area contributed by atoms with Crippen LogP contribution in [0.4, 0.5) is 0 Å². The number of hydrogen-bond acceptors (Lipinski definition) is 2. The van der Waals surface area contributed by atoms with Gasteiger partial charge in [-0.05, 0) is 47.3 Å². The number of primary amides is 1. The smallest absolute Gasteiger partial charge is 0.220 e. The van der Waals surface area contributed by atoms with Gasteiger partial charge in [0.1, 0.15) is 0 Å². The van der Waals surface area contributed by atoms with Crippen LogP contribution in [0.2, 0.25) is 5.02 Å². The van der Waals surface area contributed by atoms with Crippen molar-refractivity contribution in [1.29, 1.82) is 0 Å². The molecule has 0 bridgehead atoms. The SMILES string of the molecule is CC(C(N)=O)[C@H](CO)C(C)c1ccc(CCC(C)(C)C)c(Cl)c1. The molecule has 0 heterocycles. The molecule has 1 rings (SSSR count). The van der Waals surface area contributed by atoms with E-state index in [9.17, 15) is 9.90 Å². The van der Waals surface area contributed by atoms with Crippen molar-refractivity contribution in [2.45, 2.75) is 53.4 Å². The lowest BCUT2D eigenvalue weighted by molar-refractivity contribution is -0.123. The predicted octanol–water partition coefficient (Wildman–Crippen LogP) is 4.15. The molecule has 3 nitrogen and oxygen atoms in total. The number of rotatable bonds is 7. The monoisotopic (exact) mass is 339 g/mol. The Balaban J connectivity index is 2.93. The van der Waals surface area contributed by atoms with Crippen LogP contribution in [0, 0.1) is 17.3 Å². The summed E-state index contributed by atoms with van der Waals surface area (Å²) in [4.78, 5) is 11.4. The fourth-order valence-corrected chi connectivity index (χ4v) is 3.05. The third kappa shape index (κ3) is 5.82. The van der Waals surface area contributed by atoms with Crippen LogP contribution in [0.15, 0.2) is 18.2 Å². The number of nitrogens with two attached hydrogens (primary N) is 1. The number of carbonyl (C=O) groups excluding carboxylic acids is 1. The Morgan fingerprint density at radius 1 is 1.30 bits per heavy atom. The highest BCUT2D eigenvalue weighted by Crippen LogP contribution is 2.33. The lowest BCUT2D eigenvalue weighted by Gasteiger charge is -2.27. The van der Waals surface area contributed by atoms with Gasteiger partial charge < -0.3 is 10.8 Å². The standard InChI is InChI=1S/C19H30ClNO2/c1-12(16(11-22)13(2)18(21)23)15-7-6-14(17(20)10-15)8-9-19(3,4)5/h6-7,10,12-13,16,22H,8-9,11H2,1-5H3,(H2,21,23)/t12?,13?,16-/m1/s1. The van der Waals surface area contributed by atoms with Crippen LogP contribution < -0.4 is 5.73 Å². The van der Waals surface area contributed by atoms with E-state index in [1.54, 1.807) is 6.92 Å². The number of amides is 1. The van der Waals surface area contributed by atoms with E-state index in [2.05, 4.69) is 26.8 Å². The van der Waals surface area contributed by atoms with Crippen molar-refractivity contribution in [3.8, 4) is 0 Å². The zero-order valence-electron chi connectivity index (χ0n) is 14.9. The molecule has 130 valence electrons. The first kappa shape index (κ1) is 20.0. The van der Waals surface area contributed by atoms with Crippen molar-refractivity contribution in [2.24, 2.45) is 23.0 Å². The molecule has 23 heavy (non-hydrogen) atoms. The molecule has 0 radical (unpaired) electrons. The van der Waals surface area contributed by atoms with Crippen LogP contribution in [-0.2, 0) is 11.2 Å². The third-order valence-electron chi connectivity index (χ3n) is 4.69. The van der Waals surface area contributed by atoms with E-state index in [0.29, 0.717) is 0 Å². The predicted molar refractivity (Wildman–Crippen MR) is 96.6 cm³/mol. The zero-order chi connectivity index (χ0) is 17.8. The number of aryl methyl sites for hydroxylation is 1. The number of aliphatic hydroxyl groups excluding tert-OH is 1. The summed E-state index contributed by atoms with van der Waals surface area (Å²) in [6.07, 6.45) is 2.01. The molecular formula is C19H30ClNO2. The minimum atomic E-state index is -0.385. The second kappa shape index (κ2) is 8.16. The molecule has 3 atom stereocenters. The van der Waals surface area contributed by atoms with Gasteiger partial charge in [-0.25, -0.2) is 0 Å². The molecule has 4 heteroatoms. The lowest BCUT2D eigenvalue weighted by atomic mass is 9.79. The highest BCUT2D eigenvalue weighted by molar-refractivity contribution is 6.31. The fraction of sp³-hybridized carbons (Fsp3) is 0.632. The molecule has 0 aromatic heterocycles. The maximum Gasteiger partial charge on any atom is 0.220 e. The number of halogens is 1. The van der Waals surface area contributed by atoms with Gasteiger partial charge in [-0.3, -0.25) is 4.79 Å². The molecule has 1 aromatic carbocycles. The average molecular weight is 340 g/mol. The summed E-state index contributed by atoms with van der Waals surface area (Å²) < 4.78 is 0. The second-order valence-corrected chi connectivity index (χ2v) is 8.14. The Morgan fingerprint density at radius 3 is 2.35 bits per heavy atom. The molecule has 1 amide bonds. The average Bonchev–Trinajstić information content (AvgIpc) is 2.45. The molecule has 0 aliphatic rings. The minimum Gasteiger partial charge on any atom is -0.396 e. The van der Waals surface area contributed by atoms with E-state index >= 15 is 0 Å². The molecule has 0 aliphatic heterocycles. The van der Waals surface area contributed by atoms with Crippen LogP contribution in [0.5, 0.6) is 0 Å². The first-order valence-electron chi connectivity index (χ1n) is 8.25. The lowest BCUT2D eigenvalue weighted by Crippen LogP contribution is -2.32. The highest BCUT2D eigenvalue weighted by atomic mass is 35.5. The van der Waals surface area contributed by atoms with Crippen LogP contribution in [0.3, 0.4) is 0 Å². The Kier molecular flexibility index (Phi) is 7.09. The van der Waals surface area contributed by atoms with Crippen molar-refractivity contribution in [2.75, 3.05) is 6.61 Å². The normalized spacial score (nSPS) is 16.0. The number of hydrogen-bond donors (Lipinski definition) is 2. The Morgan fingerprint density at radius 2 is 1.91 bits per heavy atom. The molecule has 3 N–H and O–H groups in total. The minimum absolute atomic E-state index is 0.0108.